The average molecular weight is 428 g/mol. The molecule has 0 saturated carbocycles. The van der Waals surface area contributed by atoms with E-state index in [4.69, 9.17) is 0 Å². The van der Waals surface area contributed by atoms with Crippen molar-refractivity contribution in [2.75, 3.05) is 36.1 Å². The number of rotatable bonds is 4. The first-order chi connectivity index (χ1) is 14.3. The number of carbonyl (C=O) groups is 2. The van der Waals surface area contributed by atoms with Gasteiger partial charge in [-0.1, -0.05) is 18.2 Å². The van der Waals surface area contributed by atoms with Crippen molar-refractivity contribution >= 4 is 33.2 Å². The number of anilines is 2. The van der Waals surface area contributed by atoms with E-state index >= 15 is 0 Å². The van der Waals surface area contributed by atoms with Gasteiger partial charge in [-0.3, -0.25) is 9.59 Å². The van der Waals surface area contributed by atoms with E-state index in [-0.39, 0.29) is 24.3 Å². The van der Waals surface area contributed by atoms with Crippen LogP contribution in [0.25, 0.3) is 0 Å². The molecule has 4 rings (SSSR count). The number of nitrogens with zero attached hydrogens (tertiary/aromatic N) is 2. The number of benzene rings is 2. The predicted octanol–water partition coefficient (Wildman–Crippen LogP) is 2.50. The Kier molecular flexibility index (Phi) is 5.62. The molecule has 2 aromatic carbocycles. The van der Waals surface area contributed by atoms with Gasteiger partial charge in [0.25, 0.3) is 5.91 Å². The van der Waals surface area contributed by atoms with Crippen LogP contribution in [0.3, 0.4) is 0 Å². The highest BCUT2D eigenvalue weighted by molar-refractivity contribution is 7.88. The van der Waals surface area contributed by atoms with E-state index in [1.165, 1.54) is 16.1 Å². The maximum Gasteiger partial charge on any atom is 0.258 e. The summed E-state index contributed by atoms with van der Waals surface area (Å²) in [4.78, 5) is 27.3. The lowest BCUT2D eigenvalue weighted by atomic mass is 9.98. The molecule has 30 heavy (non-hydrogen) atoms. The van der Waals surface area contributed by atoms with Crippen LogP contribution in [0.5, 0.6) is 0 Å². The maximum atomic E-state index is 12.9. The molecule has 1 N–H and O–H groups in total. The van der Waals surface area contributed by atoms with Crippen LogP contribution < -0.4 is 10.2 Å². The largest absolute Gasteiger partial charge is 0.326 e. The summed E-state index contributed by atoms with van der Waals surface area (Å²) < 4.78 is 24.9. The highest BCUT2D eigenvalue weighted by atomic mass is 32.2. The van der Waals surface area contributed by atoms with Gasteiger partial charge >= 0.3 is 0 Å². The van der Waals surface area contributed by atoms with Crippen LogP contribution in [-0.4, -0.2) is 50.4 Å². The summed E-state index contributed by atoms with van der Waals surface area (Å²) in [6, 6.07) is 14.8. The van der Waals surface area contributed by atoms with Gasteiger partial charge < -0.3 is 10.2 Å². The van der Waals surface area contributed by atoms with E-state index in [1.54, 1.807) is 29.2 Å². The molecule has 0 spiro atoms. The topological polar surface area (TPSA) is 86.8 Å². The first kappa shape index (κ1) is 20.6. The van der Waals surface area contributed by atoms with Gasteiger partial charge in [-0.15, -0.1) is 0 Å². The van der Waals surface area contributed by atoms with Gasteiger partial charge in [-0.05, 0) is 55.2 Å². The van der Waals surface area contributed by atoms with E-state index in [9.17, 15) is 18.0 Å². The molecule has 158 valence electrons. The molecule has 2 aliphatic rings. The Hall–Kier alpha value is -2.71. The summed E-state index contributed by atoms with van der Waals surface area (Å²) >= 11 is 0. The zero-order valence-corrected chi connectivity index (χ0v) is 17.7. The fourth-order valence-electron chi connectivity index (χ4n) is 4.10. The highest BCUT2D eigenvalue weighted by Gasteiger charge is 2.30. The second kappa shape index (κ2) is 8.20. The number of para-hydroxylation sites is 1. The Morgan fingerprint density at radius 3 is 2.50 bits per heavy atom. The number of fused-ring (bicyclic) bond motifs is 1. The minimum Gasteiger partial charge on any atom is -0.326 e. The summed E-state index contributed by atoms with van der Waals surface area (Å²) in [7, 11) is -3.30. The number of sulfonamides is 1. The molecule has 0 radical (unpaired) electrons. The predicted molar refractivity (Wildman–Crippen MR) is 116 cm³/mol. The van der Waals surface area contributed by atoms with Gasteiger partial charge in [0.1, 0.15) is 0 Å². The Morgan fingerprint density at radius 2 is 1.77 bits per heavy atom. The normalized spacial score (nSPS) is 19.4. The van der Waals surface area contributed by atoms with Crippen molar-refractivity contribution < 1.29 is 18.0 Å². The van der Waals surface area contributed by atoms with E-state index in [0.29, 0.717) is 37.2 Å². The monoisotopic (exact) mass is 427 g/mol. The third-order valence-electron chi connectivity index (χ3n) is 5.76. The molecule has 0 aliphatic carbocycles. The molecule has 1 unspecified atom stereocenters. The molecule has 0 bridgehead atoms. The van der Waals surface area contributed by atoms with Crippen LogP contribution in [0.1, 0.15) is 28.8 Å². The van der Waals surface area contributed by atoms with Gasteiger partial charge in [0, 0.05) is 36.6 Å². The number of nitrogens with one attached hydrogen (secondary N) is 1. The SMILES string of the molecule is CS(=O)(=O)N1CCCC(C(=O)Nc2ccc(C(=O)N3CCc4ccccc43)cc2)C1. The van der Waals surface area contributed by atoms with E-state index in [2.05, 4.69) is 5.32 Å². The molecule has 8 heteroatoms. The molecule has 7 nitrogen and oxygen atoms in total. The molecule has 2 heterocycles. The Balaban J connectivity index is 1.40. The lowest BCUT2D eigenvalue weighted by molar-refractivity contribution is -0.120. The second-order valence-corrected chi connectivity index (χ2v) is 9.84. The minimum atomic E-state index is -3.30. The molecule has 0 aromatic heterocycles. The second-order valence-electron chi connectivity index (χ2n) is 7.86. The quantitative estimate of drug-likeness (QED) is 0.812. The number of piperidine rings is 1. The van der Waals surface area contributed by atoms with Crippen molar-refractivity contribution in [3.63, 3.8) is 0 Å². The third-order valence-corrected chi connectivity index (χ3v) is 7.03. The summed E-state index contributed by atoms with van der Waals surface area (Å²) in [6.07, 6.45) is 3.34. The van der Waals surface area contributed by atoms with Crippen molar-refractivity contribution in [1.82, 2.24) is 4.31 Å². The fourth-order valence-corrected chi connectivity index (χ4v) is 5.01. The number of carbonyl (C=O) groups excluding carboxylic acids is 2. The smallest absolute Gasteiger partial charge is 0.258 e. The van der Waals surface area contributed by atoms with Gasteiger partial charge in [0.15, 0.2) is 0 Å². The van der Waals surface area contributed by atoms with Gasteiger partial charge in [-0.2, -0.15) is 0 Å². The average Bonchev–Trinajstić information content (AvgIpc) is 3.17. The van der Waals surface area contributed by atoms with Crippen LogP contribution in [-0.2, 0) is 21.2 Å². The molecule has 2 aromatic rings. The first-order valence-electron chi connectivity index (χ1n) is 10.1. The Labute approximate surface area is 176 Å². The molecule has 1 fully saturated rings. The zero-order valence-electron chi connectivity index (χ0n) is 16.9. The minimum absolute atomic E-state index is 0.0612. The summed E-state index contributed by atoms with van der Waals surface area (Å²) in [5.74, 6) is -0.638. The van der Waals surface area contributed by atoms with Crippen LogP contribution in [0.4, 0.5) is 11.4 Å². The number of hydrogen-bond donors (Lipinski definition) is 1. The van der Waals surface area contributed by atoms with Gasteiger partial charge in [0.2, 0.25) is 15.9 Å². The standard InChI is InChI=1S/C22H25N3O4S/c1-30(28,29)24-13-4-6-18(15-24)21(26)23-19-10-8-17(9-11-19)22(27)25-14-12-16-5-2-3-7-20(16)25/h2-3,5,7-11,18H,4,6,12-15H2,1H3,(H,23,26). The van der Waals surface area contributed by atoms with E-state index in [0.717, 1.165) is 12.1 Å². The van der Waals surface area contributed by atoms with E-state index in [1.807, 2.05) is 24.3 Å². The van der Waals surface area contributed by atoms with Gasteiger partial charge in [-0.25, -0.2) is 12.7 Å². The lowest BCUT2D eigenvalue weighted by Gasteiger charge is -2.30. The lowest BCUT2D eigenvalue weighted by Crippen LogP contribution is -2.43. The zero-order chi connectivity index (χ0) is 21.3. The Morgan fingerprint density at radius 1 is 1.03 bits per heavy atom. The number of hydrogen-bond acceptors (Lipinski definition) is 4. The van der Waals surface area contributed by atoms with Crippen molar-refractivity contribution in [1.29, 1.82) is 0 Å². The van der Waals surface area contributed by atoms with E-state index < -0.39 is 10.0 Å². The summed E-state index contributed by atoms with van der Waals surface area (Å²) in [6.45, 7) is 1.32. The molecule has 1 atom stereocenters. The summed E-state index contributed by atoms with van der Waals surface area (Å²) in [5.41, 5.74) is 3.28. The molecule has 2 aliphatic heterocycles. The first-order valence-corrected chi connectivity index (χ1v) is 11.9. The maximum absolute atomic E-state index is 12.9. The number of amides is 2. The summed E-state index contributed by atoms with van der Waals surface area (Å²) in [5, 5.41) is 2.85. The highest BCUT2D eigenvalue weighted by Crippen LogP contribution is 2.29. The molecule has 2 amide bonds. The van der Waals surface area contributed by atoms with Crippen molar-refractivity contribution in [3.8, 4) is 0 Å². The van der Waals surface area contributed by atoms with Crippen LogP contribution in [0.15, 0.2) is 48.5 Å². The van der Waals surface area contributed by atoms with Crippen LogP contribution in [0.2, 0.25) is 0 Å². The van der Waals surface area contributed by atoms with Crippen LogP contribution in [0, 0.1) is 5.92 Å². The third kappa shape index (κ3) is 4.24. The fraction of sp³-hybridized carbons (Fsp3) is 0.364. The Bertz CT molecular complexity index is 1070. The van der Waals surface area contributed by atoms with Gasteiger partial charge in [0.05, 0.1) is 12.2 Å². The van der Waals surface area contributed by atoms with Crippen molar-refractivity contribution in [2.45, 2.75) is 19.3 Å². The molecule has 1 saturated heterocycles. The molecular formula is C22H25N3O4S. The van der Waals surface area contributed by atoms with Crippen LogP contribution >= 0.6 is 0 Å². The van der Waals surface area contributed by atoms with Crippen molar-refractivity contribution in [2.24, 2.45) is 5.92 Å². The van der Waals surface area contributed by atoms with Crippen molar-refractivity contribution in [3.05, 3.63) is 59.7 Å². The molecular weight excluding hydrogens is 402 g/mol.